The van der Waals surface area contributed by atoms with Crippen molar-refractivity contribution >= 4 is 0 Å². The van der Waals surface area contributed by atoms with Gasteiger partial charge in [0.05, 0.1) is 12.0 Å². The normalized spacial score (nSPS) is 13.3. The van der Waals surface area contributed by atoms with E-state index in [0.717, 1.165) is 0 Å². The summed E-state index contributed by atoms with van der Waals surface area (Å²) in [5, 5.41) is 0. The molecule has 0 aliphatic carbocycles. The zero-order chi connectivity index (χ0) is 26.8. The monoisotopic (exact) mass is 518 g/mol. The first kappa shape index (κ1) is 34.2. The van der Waals surface area contributed by atoms with Crippen LogP contribution in [-0.2, 0) is 0 Å². The van der Waals surface area contributed by atoms with E-state index in [1.54, 1.807) is 0 Å². The van der Waals surface area contributed by atoms with Gasteiger partial charge in [-0.05, 0) is 32.6 Å². The van der Waals surface area contributed by atoms with Crippen LogP contribution >= 0.6 is 0 Å². The number of hydrogen-bond acceptors (Lipinski definition) is 0. The molecule has 37 heavy (non-hydrogen) atoms. The molecule has 1 heterocycles. The molecule has 2 heteroatoms. The fourth-order valence-electron chi connectivity index (χ4n) is 6.06. The van der Waals surface area contributed by atoms with E-state index >= 15 is 0 Å². The fraction of sp³-hybridized carbons (Fsp3) is 0.914. The lowest BCUT2D eigenvalue weighted by Gasteiger charge is -2.17. The highest BCUT2D eigenvalue weighted by Gasteiger charge is 2.25. The van der Waals surface area contributed by atoms with Crippen LogP contribution in [0.25, 0.3) is 0 Å². The largest absolute Gasteiger partial charge is 0.257 e. The number of aromatic nitrogens is 2. The molecule has 0 radical (unpaired) electrons. The molecule has 0 amide bonds. The third kappa shape index (κ3) is 18.2. The summed E-state index contributed by atoms with van der Waals surface area (Å²) in [6, 6.07) is 0.620. The number of hydrogen-bond donors (Lipinski definition) is 1. The van der Waals surface area contributed by atoms with Crippen molar-refractivity contribution in [2.24, 2.45) is 0 Å². The second-order valence-corrected chi connectivity index (χ2v) is 12.2. The molecule has 0 aromatic carbocycles. The van der Waals surface area contributed by atoms with Gasteiger partial charge in [0.15, 0.2) is 0 Å². The van der Waals surface area contributed by atoms with Crippen molar-refractivity contribution in [3.8, 4) is 0 Å². The zero-order valence-electron chi connectivity index (χ0n) is 26.1. The van der Waals surface area contributed by atoms with Crippen LogP contribution in [0.5, 0.6) is 0 Å². The van der Waals surface area contributed by atoms with E-state index in [1.165, 1.54) is 173 Å². The number of H-pyrrole nitrogens is 1. The van der Waals surface area contributed by atoms with E-state index in [9.17, 15) is 0 Å². The molecule has 0 bridgehead atoms. The van der Waals surface area contributed by atoms with Crippen LogP contribution in [0.3, 0.4) is 0 Å². The third-order valence-corrected chi connectivity index (χ3v) is 8.64. The molecule has 0 aliphatic heterocycles. The maximum Gasteiger partial charge on any atom is 0.257 e. The predicted octanol–water partition coefficient (Wildman–Crippen LogP) is 12.1. The Labute approximate surface area is 234 Å². The Kier molecular flexibility index (Phi) is 23.6. The minimum absolute atomic E-state index is 0.620. The Bertz CT molecular complexity index is 578. The summed E-state index contributed by atoms with van der Waals surface area (Å²) >= 11 is 0. The van der Waals surface area contributed by atoms with Gasteiger partial charge in [0.1, 0.15) is 12.4 Å². The first-order valence-corrected chi connectivity index (χ1v) is 17.3. The van der Waals surface area contributed by atoms with Crippen LogP contribution in [0.1, 0.15) is 212 Å². The molecule has 1 N–H and O–H groups in total. The average molecular weight is 518 g/mol. The van der Waals surface area contributed by atoms with Gasteiger partial charge in [-0.2, -0.15) is 0 Å². The van der Waals surface area contributed by atoms with Gasteiger partial charge >= 0.3 is 0 Å². The van der Waals surface area contributed by atoms with E-state index < -0.39 is 0 Å². The van der Waals surface area contributed by atoms with Crippen molar-refractivity contribution in [1.82, 2.24) is 4.98 Å². The highest BCUT2D eigenvalue weighted by molar-refractivity contribution is 4.90. The number of rotatable bonds is 28. The van der Waals surface area contributed by atoms with Crippen LogP contribution in [0.2, 0.25) is 0 Å². The van der Waals surface area contributed by atoms with Crippen molar-refractivity contribution in [3.05, 3.63) is 18.2 Å². The van der Waals surface area contributed by atoms with Crippen LogP contribution in [0.15, 0.2) is 12.4 Å². The Morgan fingerprint density at radius 1 is 0.514 bits per heavy atom. The second kappa shape index (κ2) is 25.5. The first-order chi connectivity index (χ1) is 18.2. The van der Waals surface area contributed by atoms with E-state index in [1.807, 2.05) is 0 Å². The molecule has 2 atom stereocenters. The molecule has 2 nitrogen and oxygen atoms in total. The average Bonchev–Trinajstić information content (AvgIpc) is 3.40. The first-order valence-electron chi connectivity index (χ1n) is 17.3. The quantitative estimate of drug-likeness (QED) is 0.0842. The van der Waals surface area contributed by atoms with Crippen LogP contribution in [-0.4, -0.2) is 4.98 Å². The van der Waals surface area contributed by atoms with Gasteiger partial charge in [-0.15, -0.1) is 0 Å². The van der Waals surface area contributed by atoms with Crippen molar-refractivity contribution in [2.75, 3.05) is 0 Å². The van der Waals surface area contributed by atoms with Gasteiger partial charge in [0.2, 0.25) is 0 Å². The lowest BCUT2D eigenvalue weighted by Crippen LogP contribution is -2.41. The smallest absolute Gasteiger partial charge is 0.247 e. The number of nitrogens with one attached hydrogen (secondary N) is 1. The van der Waals surface area contributed by atoms with Crippen molar-refractivity contribution in [2.45, 2.75) is 207 Å². The molecule has 0 spiro atoms. The fourth-order valence-corrected chi connectivity index (χ4v) is 6.06. The highest BCUT2D eigenvalue weighted by Crippen LogP contribution is 2.27. The maximum atomic E-state index is 3.67. The molecule has 1 rings (SSSR count). The minimum Gasteiger partial charge on any atom is -0.247 e. The Morgan fingerprint density at radius 2 is 0.892 bits per heavy atom. The van der Waals surface area contributed by atoms with E-state index in [-0.39, 0.29) is 0 Å². The summed E-state index contributed by atoms with van der Waals surface area (Å²) in [5.74, 6) is 2.23. The molecular formula is C35H69N2+. The third-order valence-electron chi connectivity index (χ3n) is 8.64. The predicted molar refractivity (Wildman–Crippen MR) is 166 cm³/mol. The van der Waals surface area contributed by atoms with Crippen LogP contribution in [0, 0.1) is 0 Å². The summed E-state index contributed by atoms with van der Waals surface area (Å²) < 4.78 is 2.58. The van der Waals surface area contributed by atoms with E-state index in [2.05, 4.69) is 49.6 Å². The minimum atomic E-state index is 0.620. The lowest BCUT2D eigenvalue weighted by molar-refractivity contribution is -0.727. The number of nitrogens with zero attached hydrogens (tertiary/aromatic N) is 1. The SMILES string of the molecule is CCCCCCCCCCCCCCCCCCCC(CCCCCC)c1[nH]cc[n+]1C(C)CCCC. The van der Waals surface area contributed by atoms with Gasteiger partial charge in [-0.3, -0.25) is 0 Å². The molecule has 1 aromatic heterocycles. The number of imidazole rings is 1. The molecule has 218 valence electrons. The zero-order valence-corrected chi connectivity index (χ0v) is 26.1. The summed E-state index contributed by atoms with van der Waals surface area (Å²) in [4.78, 5) is 3.67. The summed E-state index contributed by atoms with van der Waals surface area (Å²) in [6.07, 6.45) is 41.4. The lowest BCUT2D eigenvalue weighted by atomic mass is 9.93. The summed E-state index contributed by atoms with van der Waals surface area (Å²) in [5.41, 5.74) is 0. The summed E-state index contributed by atoms with van der Waals surface area (Å²) in [6.45, 7) is 9.35. The highest BCUT2D eigenvalue weighted by atomic mass is 15.1. The Morgan fingerprint density at radius 3 is 1.32 bits per heavy atom. The van der Waals surface area contributed by atoms with Gasteiger partial charge in [-0.25, -0.2) is 9.55 Å². The molecular weight excluding hydrogens is 448 g/mol. The standard InChI is InChI=1S/C35H68N2/c1-5-8-11-13-14-15-16-17-18-19-20-21-22-23-24-25-27-30-34(29-26-12-9-6-2)35-36-31-32-37(35)33(4)28-10-7-3/h31-34H,5-30H2,1-4H3/p+1. The second-order valence-electron chi connectivity index (χ2n) is 12.2. The topological polar surface area (TPSA) is 19.7 Å². The Balaban J connectivity index is 2.15. The van der Waals surface area contributed by atoms with Crippen molar-refractivity contribution < 1.29 is 4.57 Å². The number of unbranched alkanes of at least 4 members (excludes halogenated alkanes) is 20. The molecule has 0 aliphatic rings. The maximum absolute atomic E-state index is 3.67. The van der Waals surface area contributed by atoms with Crippen LogP contribution < -0.4 is 4.57 Å². The van der Waals surface area contributed by atoms with Gasteiger partial charge in [0, 0.05) is 0 Å². The molecule has 1 aromatic rings. The van der Waals surface area contributed by atoms with Crippen LogP contribution in [0.4, 0.5) is 0 Å². The van der Waals surface area contributed by atoms with E-state index in [4.69, 9.17) is 0 Å². The Hall–Kier alpha value is -0.790. The van der Waals surface area contributed by atoms with E-state index in [0.29, 0.717) is 12.0 Å². The molecule has 2 unspecified atom stereocenters. The van der Waals surface area contributed by atoms with Gasteiger partial charge in [-0.1, -0.05) is 162 Å². The van der Waals surface area contributed by atoms with Gasteiger partial charge in [0.25, 0.3) is 5.82 Å². The van der Waals surface area contributed by atoms with Crippen molar-refractivity contribution in [1.29, 1.82) is 0 Å². The summed E-state index contributed by atoms with van der Waals surface area (Å²) in [7, 11) is 0. The van der Waals surface area contributed by atoms with Crippen molar-refractivity contribution in [3.63, 3.8) is 0 Å². The van der Waals surface area contributed by atoms with Gasteiger partial charge < -0.3 is 0 Å². The number of aromatic amines is 1. The molecule has 0 fully saturated rings. The molecule has 0 saturated carbocycles. The molecule has 0 saturated heterocycles.